The number of piperidine rings is 1. The zero-order valence-electron chi connectivity index (χ0n) is 34.6. The van der Waals surface area contributed by atoms with Crippen LogP contribution in [0.5, 0.6) is 0 Å². The Balaban J connectivity index is 0.994. The highest BCUT2D eigenvalue weighted by Gasteiger charge is 2.48. The number of halogens is 4. The highest BCUT2D eigenvalue weighted by Crippen LogP contribution is 2.37. The van der Waals surface area contributed by atoms with Gasteiger partial charge in [0.1, 0.15) is 17.0 Å². The van der Waals surface area contributed by atoms with Gasteiger partial charge < -0.3 is 10.2 Å². The Hall–Kier alpha value is -4.20. The zero-order chi connectivity index (χ0) is 44.2. The molecule has 1 aromatic heterocycles. The van der Waals surface area contributed by atoms with Gasteiger partial charge in [0.15, 0.2) is 0 Å². The first-order valence-electron chi connectivity index (χ1n) is 20.3. The number of fused-ring (bicyclic) bond motifs is 1. The number of rotatable bonds is 15. The molecule has 2 N–H and O–H groups in total. The van der Waals surface area contributed by atoms with E-state index in [4.69, 9.17) is 0 Å². The van der Waals surface area contributed by atoms with Crippen molar-refractivity contribution in [3.63, 3.8) is 0 Å². The minimum Gasteiger partial charge on any atom is -0.382 e. The number of sulfonamides is 1. The molecule has 0 unspecified atom stereocenters. The van der Waals surface area contributed by atoms with Crippen LogP contribution in [-0.4, -0.2) is 93.7 Å². The molecule has 0 amide bonds. The number of hydrogen-bond donors (Lipinski definition) is 2. The number of sulfone groups is 1. The van der Waals surface area contributed by atoms with E-state index in [0.29, 0.717) is 55.0 Å². The maximum absolute atomic E-state index is 14.0. The molecule has 18 heteroatoms. The van der Waals surface area contributed by atoms with E-state index in [1.807, 2.05) is 43.3 Å². The van der Waals surface area contributed by atoms with Crippen molar-refractivity contribution in [2.45, 2.75) is 78.0 Å². The van der Waals surface area contributed by atoms with Gasteiger partial charge in [-0.25, -0.2) is 26.8 Å². The quantitative estimate of drug-likeness (QED) is 0.0976. The molecule has 62 heavy (non-hydrogen) atoms. The summed E-state index contributed by atoms with van der Waals surface area (Å²) in [5.41, 5.74) is -0.0504. The average molecular weight is 973 g/mol. The van der Waals surface area contributed by atoms with Gasteiger partial charge in [0.05, 0.1) is 16.3 Å². The van der Waals surface area contributed by atoms with Crippen molar-refractivity contribution in [2.75, 3.05) is 54.4 Å². The third-order valence-electron chi connectivity index (χ3n) is 11.3. The van der Waals surface area contributed by atoms with Gasteiger partial charge in [0.25, 0.3) is 19.9 Å². The van der Waals surface area contributed by atoms with Crippen LogP contribution in [-0.2, 0) is 39.4 Å². The molecule has 0 saturated carbocycles. The minimum absolute atomic E-state index is 0.0128. The Labute approximate surface area is 374 Å². The first-order chi connectivity index (χ1) is 29.5. The molecule has 2 aliphatic rings. The van der Waals surface area contributed by atoms with E-state index in [1.165, 1.54) is 23.0 Å². The van der Waals surface area contributed by atoms with Gasteiger partial charge in [0.2, 0.25) is 0 Å². The fraction of sp³-hybridized carbons (Fsp3) is 0.364. The smallest absolute Gasteiger partial charge is 0.382 e. The Bertz CT molecular complexity index is 2580. The van der Waals surface area contributed by atoms with Crippen molar-refractivity contribution >= 4 is 64.7 Å². The van der Waals surface area contributed by atoms with Crippen LogP contribution in [0.15, 0.2) is 116 Å². The number of anilines is 3. The van der Waals surface area contributed by atoms with E-state index in [-0.39, 0.29) is 11.5 Å². The monoisotopic (exact) mass is 971 g/mol. The number of hydrogen-bond acceptors (Lipinski definition) is 11. The van der Waals surface area contributed by atoms with Crippen LogP contribution in [0.2, 0.25) is 0 Å². The van der Waals surface area contributed by atoms with Gasteiger partial charge >= 0.3 is 5.51 Å². The molecule has 5 aromatic rings. The molecule has 1 saturated heterocycles. The van der Waals surface area contributed by atoms with Crippen LogP contribution in [0.4, 0.5) is 30.4 Å². The molecule has 2 aliphatic heterocycles. The second-order valence-corrected chi connectivity index (χ2v) is 21.5. The van der Waals surface area contributed by atoms with E-state index < -0.39 is 41.2 Å². The Morgan fingerprint density at radius 3 is 2.32 bits per heavy atom. The summed E-state index contributed by atoms with van der Waals surface area (Å²) in [6, 6.07) is 27.3. The number of alkyl halides is 3. The number of thioether (sulfide) groups is 1. The van der Waals surface area contributed by atoms with Gasteiger partial charge in [-0.3, -0.25) is 14.5 Å². The highest BCUT2D eigenvalue weighted by molar-refractivity contribution is 9.10. The van der Waals surface area contributed by atoms with Gasteiger partial charge in [-0.2, -0.15) is 13.2 Å². The summed E-state index contributed by atoms with van der Waals surface area (Å²) in [5, 5.41) is 2.88. The predicted octanol–water partition coefficient (Wildman–Crippen LogP) is 9.07. The lowest BCUT2D eigenvalue weighted by molar-refractivity contribution is -0.0435. The third kappa shape index (κ3) is 10.8. The summed E-state index contributed by atoms with van der Waals surface area (Å²) in [7, 11) is -6.66. The second-order valence-electron chi connectivity index (χ2n) is 15.8. The lowest BCUT2D eigenvalue weighted by Crippen LogP contribution is -2.46. The van der Waals surface area contributed by atoms with E-state index in [1.54, 1.807) is 18.7 Å². The molecular formula is C44H49BrF3N7O4S3. The number of nitrogens with zero attached hydrogens (tertiary/aromatic N) is 5. The standard InChI is InChI=1S/C44H49BrF3N7O4S3/c1-30(21-25-60-36-14-12-34(13-15-36)53(2)3)51-40-17-16-37(26-42(40)61(56,57)44(46,47)48)62(58,59)52-43-39-20-24-55(28-41(39)49-29-50-43)35-18-22-54(23-19-35)27-32-6-4-5-7-38(32)31-8-10-33(45)11-9-31/h4-17,26,29-30,35,51H,18-25,27-28H2,1-3H3,(H,49,50,52)/t30-/m1/s1. The lowest BCUT2D eigenvalue weighted by atomic mass is 9.96. The molecule has 3 heterocycles. The number of benzene rings is 4. The van der Waals surface area contributed by atoms with Gasteiger partial charge in [0, 0.05) is 66.4 Å². The summed E-state index contributed by atoms with van der Waals surface area (Å²) in [6.07, 6.45) is 4.10. The summed E-state index contributed by atoms with van der Waals surface area (Å²) < 4.78 is 98.8. The molecule has 7 rings (SSSR count). The maximum atomic E-state index is 14.0. The van der Waals surface area contributed by atoms with Crippen molar-refractivity contribution in [3.8, 4) is 11.1 Å². The summed E-state index contributed by atoms with van der Waals surface area (Å²) in [4.78, 5) is 14.7. The molecule has 0 aliphatic carbocycles. The Morgan fingerprint density at radius 2 is 1.63 bits per heavy atom. The molecule has 4 aromatic carbocycles. The average Bonchev–Trinajstić information content (AvgIpc) is 3.24. The van der Waals surface area contributed by atoms with Crippen LogP contribution < -0.4 is 14.9 Å². The van der Waals surface area contributed by atoms with Gasteiger partial charge in [-0.05, 0) is 123 Å². The number of nitrogens with one attached hydrogen (secondary N) is 2. The molecule has 11 nitrogen and oxygen atoms in total. The second kappa shape index (κ2) is 19.3. The van der Waals surface area contributed by atoms with E-state index >= 15 is 0 Å². The predicted molar refractivity (Wildman–Crippen MR) is 244 cm³/mol. The fourth-order valence-corrected chi connectivity index (χ4v) is 11.3. The zero-order valence-corrected chi connectivity index (χ0v) is 38.6. The molecule has 0 radical (unpaired) electrons. The summed E-state index contributed by atoms with van der Waals surface area (Å²) in [5.74, 6) is 0.607. The first-order valence-corrected chi connectivity index (χ1v) is 25.0. The highest BCUT2D eigenvalue weighted by atomic mass is 79.9. The molecule has 1 atom stereocenters. The summed E-state index contributed by atoms with van der Waals surface area (Å²) in [6.45, 7) is 5.52. The van der Waals surface area contributed by atoms with Crippen molar-refractivity contribution in [1.29, 1.82) is 0 Å². The number of likely N-dealkylation sites (tertiary alicyclic amines) is 1. The van der Waals surface area contributed by atoms with E-state index in [9.17, 15) is 30.0 Å². The van der Waals surface area contributed by atoms with Crippen molar-refractivity contribution in [1.82, 2.24) is 19.8 Å². The molecule has 0 spiro atoms. The Kier molecular flexibility index (Phi) is 14.2. The maximum Gasteiger partial charge on any atom is 0.501 e. The first kappa shape index (κ1) is 45.8. The van der Waals surface area contributed by atoms with Crippen LogP contribution in [0, 0.1) is 0 Å². The third-order valence-corrected chi connectivity index (χ3v) is 15.8. The van der Waals surface area contributed by atoms with E-state index in [0.717, 1.165) is 59.7 Å². The van der Waals surface area contributed by atoms with Crippen LogP contribution in [0.25, 0.3) is 11.1 Å². The normalized spacial score (nSPS) is 16.1. The van der Waals surface area contributed by atoms with Crippen molar-refractivity contribution in [3.05, 3.63) is 119 Å². The molecule has 0 bridgehead atoms. The lowest BCUT2D eigenvalue weighted by Gasteiger charge is -2.40. The minimum atomic E-state index is -5.95. The van der Waals surface area contributed by atoms with Gasteiger partial charge in [-0.1, -0.05) is 52.3 Å². The molecule has 330 valence electrons. The van der Waals surface area contributed by atoms with Crippen molar-refractivity contribution < 1.29 is 30.0 Å². The summed E-state index contributed by atoms with van der Waals surface area (Å²) >= 11 is 5.08. The van der Waals surface area contributed by atoms with Crippen LogP contribution in [0.1, 0.15) is 43.0 Å². The van der Waals surface area contributed by atoms with Crippen molar-refractivity contribution in [2.24, 2.45) is 0 Å². The fourth-order valence-electron chi connectivity index (χ4n) is 7.88. The van der Waals surface area contributed by atoms with Gasteiger partial charge in [-0.15, -0.1) is 11.8 Å². The topological polar surface area (TPSA) is 128 Å². The largest absolute Gasteiger partial charge is 0.501 e. The van der Waals surface area contributed by atoms with Crippen LogP contribution >= 0.6 is 27.7 Å². The SMILES string of the molecule is C[C@H](CCSc1ccc(N(C)C)cc1)Nc1ccc(S(=O)(=O)Nc2ncnc3c2CCN(C2CCN(Cc4ccccc4-c4ccc(Br)cc4)CC2)C3)cc1S(=O)(=O)C(F)(F)F. The van der Waals surface area contributed by atoms with Crippen LogP contribution in [0.3, 0.4) is 0 Å². The number of aromatic nitrogens is 2. The van der Waals surface area contributed by atoms with E-state index in [2.05, 4.69) is 94.3 Å². The molecular weight excluding hydrogens is 924 g/mol. The Morgan fingerprint density at radius 1 is 0.919 bits per heavy atom. The molecule has 1 fully saturated rings.